The standard InChI is InChI=1S/C19H37N5O.HI/c1-5-20-18(21-13-14-24(6-2)16-9-10-16)22-15-19(11-7-8-12-19)17(25)23(3)4;/h16H,5-15H2,1-4H3,(H2,20,21,22);1H. The number of nitrogens with zero attached hydrogens (tertiary/aromatic N) is 3. The van der Waals surface area contributed by atoms with Crippen molar-refractivity contribution < 1.29 is 4.79 Å². The van der Waals surface area contributed by atoms with E-state index in [1.165, 1.54) is 12.8 Å². The van der Waals surface area contributed by atoms with Gasteiger partial charge in [-0.1, -0.05) is 19.8 Å². The van der Waals surface area contributed by atoms with Gasteiger partial charge in [0.25, 0.3) is 0 Å². The summed E-state index contributed by atoms with van der Waals surface area (Å²) in [7, 11) is 3.71. The Kier molecular flexibility index (Phi) is 10.2. The topological polar surface area (TPSA) is 60.0 Å². The Bertz CT molecular complexity index is 459. The Morgan fingerprint density at radius 1 is 1.15 bits per heavy atom. The highest BCUT2D eigenvalue weighted by Gasteiger charge is 2.42. The van der Waals surface area contributed by atoms with Gasteiger partial charge >= 0.3 is 0 Å². The first-order valence-corrected chi connectivity index (χ1v) is 10.0. The van der Waals surface area contributed by atoms with Crippen molar-refractivity contribution in [2.75, 3.05) is 46.8 Å². The van der Waals surface area contributed by atoms with Gasteiger partial charge in [0.1, 0.15) is 0 Å². The predicted molar refractivity (Wildman–Crippen MR) is 119 cm³/mol. The van der Waals surface area contributed by atoms with Crippen LogP contribution in [0.5, 0.6) is 0 Å². The van der Waals surface area contributed by atoms with E-state index in [1.807, 2.05) is 14.1 Å². The number of guanidine groups is 1. The molecule has 152 valence electrons. The van der Waals surface area contributed by atoms with Gasteiger partial charge in [-0.15, -0.1) is 24.0 Å². The summed E-state index contributed by atoms with van der Waals surface area (Å²) in [4.78, 5) is 21.7. The molecule has 0 spiro atoms. The molecular formula is C19H38IN5O. The summed E-state index contributed by atoms with van der Waals surface area (Å²) in [6.45, 7) is 8.78. The summed E-state index contributed by atoms with van der Waals surface area (Å²) in [6.07, 6.45) is 6.86. The highest BCUT2D eigenvalue weighted by molar-refractivity contribution is 14.0. The zero-order valence-corrected chi connectivity index (χ0v) is 19.3. The SMILES string of the molecule is CCNC(=NCC1(C(=O)N(C)C)CCCC1)NCCN(CC)C1CC1.I. The van der Waals surface area contributed by atoms with Crippen LogP contribution in [0.3, 0.4) is 0 Å². The molecule has 2 N–H and O–H groups in total. The Labute approximate surface area is 176 Å². The van der Waals surface area contributed by atoms with E-state index in [2.05, 4.69) is 29.4 Å². The number of amides is 1. The van der Waals surface area contributed by atoms with Crippen molar-refractivity contribution in [3.63, 3.8) is 0 Å². The Morgan fingerprint density at radius 2 is 1.81 bits per heavy atom. The average Bonchev–Trinajstić information content (AvgIpc) is 3.33. The van der Waals surface area contributed by atoms with Gasteiger partial charge in [-0.05, 0) is 39.2 Å². The van der Waals surface area contributed by atoms with Crippen molar-refractivity contribution in [2.24, 2.45) is 10.4 Å². The second-order valence-corrected chi connectivity index (χ2v) is 7.67. The zero-order valence-electron chi connectivity index (χ0n) is 17.0. The minimum atomic E-state index is -0.296. The molecular weight excluding hydrogens is 441 g/mol. The monoisotopic (exact) mass is 479 g/mol. The molecule has 26 heavy (non-hydrogen) atoms. The van der Waals surface area contributed by atoms with Crippen LogP contribution < -0.4 is 10.6 Å². The van der Waals surface area contributed by atoms with Gasteiger partial charge in [-0.3, -0.25) is 14.7 Å². The highest BCUT2D eigenvalue weighted by atomic mass is 127. The second-order valence-electron chi connectivity index (χ2n) is 7.67. The highest BCUT2D eigenvalue weighted by Crippen LogP contribution is 2.39. The number of likely N-dealkylation sites (N-methyl/N-ethyl adjacent to an activating group) is 1. The van der Waals surface area contributed by atoms with Crippen molar-refractivity contribution in [3.8, 4) is 0 Å². The molecule has 0 bridgehead atoms. The number of rotatable bonds is 9. The van der Waals surface area contributed by atoms with Crippen LogP contribution in [0.4, 0.5) is 0 Å². The summed E-state index contributed by atoms with van der Waals surface area (Å²) < 4.78 is 0. The van der Waals surface area contributed by atoms with Gasteiger partial charge in [-0.25, -0.2) is 0 Å². The molecule has 2 rings (SSSR count). The van der Waals surface area contributed by atoms with E-state index < -0.39 is 0 Å². The molecule has 1 amide bonds. The van der Waals surface area contributed by atoms with Crippen LogP contribution >= 0.6 is 24.0 Å². The summed E-state index contributed by atoms with van der Waals surface area (Å²) in [5.74, 6) is 1.07. The molecule has 2 fully saturated rings. The maximum Gasteiger partial charge on any atom is 0.230 e. The lowest BCUT2D eigenvalue weighted by Gasteiger charge is -2.29. The van der Waals surface area contributed by atoms with Crippen LogP contribution in [0.1, 0.15) is 52.4 Å². The molecule has 2 saturated carbocycles. The average molecular weight is 479 g/mol. The molecule has 0 aromatic carbocycles. The van der Waals surface area contributed by atoms with Gasteiger partial charge in [-0.2, -0.15) is 0 Å². The third kappa shape index (κ3) is 6.55. The molecule has 2 aliphatic carbocycles. The molecule has 0 aromatic rings. The molecule has 0 unspecified atom stereocenters. The van der Waals surface area contributed by atoms with E-state index in [9.17, 15) is 4.79 Å². The fraction of sp³-hybridized carbons (Fsp3) is 0.895. The van der Waals surface area contributed by atoms with E-state index in [0.717, 1.165) is 63.9 Å². The van der Waals surface area contributed by atoms with Crippen molar-refractivity contribution >= 4 is 35.8 Å². The van der Waals surface area contributed by atoms with E-state index >= 15 is 0 Å². The van der Waals surface area contributed by atoms with Gasteiger partial charge < -0.3 is 15.5 Å². The lowest BCUT2D eigenvalue weighted by molar-refractivity contribution is -0.138. The number of nitrogens with one attached hydrogen (secondary N) is 2. The molecule has 0 aromatic heterocycles. The van der Waals surface area contributed by atoms with Crippen molar-refractivity contribution in [2.45, 2.75) is 58.4 Å². The fourth-order valence-corrected chi connectivity index (χ4v) is 3.89. The van der Waals surface area contributed by atoms with Crippen LogP contribution in [-0.2, 0) is 4.79 Å². The molecule has 0 aliphatic heterocycles. The normalized spacial score (nSPS) is 19.2. The number of hydrogen-bond acceptors (Lipinski definition) is 3. The smallest absolute Gasteiger partial charge is 0.230 e. The first-order chi connectivity index (χ1) is 12.0. The molecule has 0 atom stereocenters. The summed E-state index contributed by atoms with van der Waals surface area (Å²) in [5.41, 5.74) is -0.296. The third-order valence-electron chi connectivity index (χ3n) is 5.47. The van der Waals surface area contributed by atoms with Crippen LogP contribution in [0.15, 0.2) is 4.99 Å². The molecule has 0 saturated heterocycles. The Hall–Kier alpha value is -0.570. The molecule has 2 aliphatic rings. The molecule has 0 radical (unpaired) electrons. The largest absolute Gasteiger partial charge is 0.357 e. The van der Waals surface area contributed by atoms with E-state index in [4.69, 9.17) is 4.99 Å². The first-order valence-electron chi connectivity index (χ1n) is 10.0. The molecule has 7 heteroatoms. The fourth-order valence-electron chi connectivity index (χ4n) is 3.89. The minimum Gasteiger partial charge on any atom is -0.357 e. The minimum absolute atomic E-state index is 0. The summed E-state index contributed by atoms with van der Waals surface area (Å²) >= 11 is 0. The first kappa shape index (κ1) is 23.5. The van der Waals surface area contributed by atoms with Gasteiger partial charge in [0.05, 0.1) is 12.0 Å². The Morgan fingerprint density at radius 3 is 2.31 bits per heavy atom. The second kappa shape index (κ2) is 11.3. The number of aliphatic imine (C=N–C) groups is 1. The molecule has 6 nitrogen and oxygen atoms in total. The lowest BCUT2D eigenvalue weighted by atomic mass is 9.85. The van der Waals surface area contributed by atoms with Crippen LogP contribution in [0, 0.1) is 5.41 Å². The van der Waals surface area contributed by atoms with E-state index in [-0.39, 0.29) is 35.3 Å². The van der Waals surface area contributed by atoms with E-state index in [0.29, 0.717) is 6.54 Å². The van der Waals surface area contributed by atoms with Crippen LogP contribution in [0.25, 0.3) is 0 Å². The van der Waals surface area contributed by atoms with Crippen molar-refractivity contribution in [3.05, 3.63) is 0 Å². The van der Waals surface area contributed by atoms with Gasteiger partial charge in [0, 0.05) is 39.8 Å². The maximum absolute atomic E-state index is 12.7. The lowest BCUT2D eigenvalue weighted by Crippen LogP contribution is -2.44. The van der Waals surface area contributed by atoms with Gasteiger partial charge in [0.15, 0.2) is 5.96 Å². The summed E-state index contributed by atoms with van der Waals surface area (Å²) in [6, 6.07) is 0.797. The number of carbonyl (C=O) groups excluding carboxylic acids is 1. The molecule has 0 heterocycles. The maximum atomic E-state index is 12.7. The Balaban J connectivity index is 0.00000338. The predicted octanol–water partition coefficient (Wildman–Crippen LogP) is 2.29. The van der Waals surface area contributed by atoms with Crippen LogP contribution in [-0.4, -0.2) is 74.5 Å². The van der Waals surface area contributed by atoms with Crippen LogP contribution in [0.2, 0.25) is 0 Å². The third-order valence-corrected chi connectivity index (χ3v) is 5.47. The number of carbonyl (C=O) groups is 1. The number of halogens is 1. The summed E-state index contributed by atoms with van der Waals surface area (Å²) in [5, 5.41) is 6.77. The number of hydrogen-bond donors (Lipinski definition) is 2. The zero-order chi connectivity index (χ0) is 18.3. The van der Waals surface area contributed by atoms with Crippen molar-refractivity contribution in [1.29, 1.82) is 0 Å². The van der Waals surface area contributed by atoms with Gasteiger partial charge in [0.2, 0.25) is 5.91 Å². The quantitative estimate of drug-likeness (QED) is 0.303. The van der Waals surface area contributed by atoms with E-state index in [1.54, 1.807) is 4.90 Å². The van der Waals surface area contributed by atoms with Crippen molar-refractivity contribution in [1.82, 2.24) is 20.4 Å².